The highest BCUT2D eigenvalue weighted by molar-refractivity contribution is 6.30. The van der Waals surface area contributed by atoms with Crippen LogP contribution >= 0.6 is 11.6 Å². The molecule has 2 unspecified atom stereocenters. The first-order chi connectivity index (χ1) is 8.74. The maximum Gasteiger partial charge on any atom is 0.166 e. The highest BCUT2D eigenvalue weighted by Crippen LogP contribution is 2.42. The summed E-state index contributed by atoms with van der Waals surface area (Å²) < 4.78 is 13.6. The van der Waals surface area contributed by atoms with E-state index in [1.807, 2.05) is 18.2 Å². The van der Waals surface area contributed by atoms with Crippen LogP contribution in [-0.4, -0.2) is 11.0 Å². The molecule has 1 aliphatic rings. The molecule has 0 bridgehead atoms. The SMILES string of the molecule is Fc1cc(Cl)cnc1NC1CC1c1ccccc1. The minimum atomic E-state index is -0.402. The number of nitrogens with zero attached hydrogens (tertiary/aromatic N) is 1. The molecule has 1 aromatic heterocycles. The number of hydrogen-bond acceptors (Lipinski definition) is 2. The van der Waals surface area contributed by atoms with Crippen molar-refractivity contribution in [3.8, 4) is 0 Å². The third-order valence-electron chi connectivity index (χ3n) is 3.15. The van der Waals surface area contributed by atoms with Gasteiger partial charge >= 0.3 is 0 Å². The third kappa shape index (κ3) is 2.31. The normalized spacial score (nSPS) is 21.7. The highest BCUT2D eigenvalue weighted by atomic mass is 35.5. The largest absolute Gasteiger partial charge is 0.364 e. The zero-order valence-electron chi connectivity index (χ0n) is 9.61. The summed E-state index contributed by atoms with van der Waals surface area (Å²) in [6.07, 6.45) is 2.46. The molecule has 2 aromatic rings. The van der Waals surface area contributed by atoms with Crippen LogP contribution in [0.3, 0.4) is 0 Å². The van der Waals surface area contributed by atoms with Gasteiger partial charge in [-0.2, -0.15) is 0 Å². The molecule has 0 radical (unpaired) electrons. The lowest BCUT2D eigenvalue weighted by atomic mass is 10.1. The van der Waals surface area contributed by atoms with Crippen LogP contribution in [0.5, 0.6) is 0 Å². The minimum Gasteiger partial charge on any atom is -0.364 e. The molecule has 4 heteroatoms. The molecule has 92 valence electrons. The van der Waals surface area contributed by atoms with Gasteiger partial charge in [0.15, 0.2) is 11.6 Å². The molecule has 1 fully saturated rings. The molecule has 0 spiro atoms. The van der Waals surface area contributed by atoms with Crippen LogP contribution in [0.1, 0.15) is 17.9 Å². The van der Waals surface area contributed by atoms with E-state index in [2.05, 4.69) is 22.4 Å². The van der Waals surface area contributed by atoms with Crippen LogP contribution < -0.4 is 5.32 Å². The quantitative estimate of drug-likeness (QED) is 0.909. The van der Waals surface area contributed by atoms with E-state index in [0.29, 0.717) is 10.9 Å². The fraction of sp³-hybridized carbons (Fsp3) is 0.214. The van der Waals surface area contributed by atoms with E-state index in [-0.39, 0.29) is 11.9 Å². The van der Waals surface area contributed by atoms with Crippen LogP contribution in [0.25, 0.3) is 0 Å². The summed E-state index contributed by atoms with van der Waals surface area (Å²) in [7, 11) is 0. The van der Waals surface area contributed by atoms with Gasteiger partial charge in [0, 0.05) is 18.2 Å². The predicted molar refractivity (Wildman–Crippen MR) is 70.4 cm³/mol. The molecule has 3 rings (SSSR count). The molecule has 2 nitrogen and oxygen atoms in total. The number of pyridine rings is 1. The van der Waals surface area contributed by atoms with Crippen LogP contribution in [0.4, 0.5) is 10.2 Å². The molecule has 1 N–H and O–H groups in total. The average molecular weight is 263 g/mol. The van der Waals surface area contributed by atoms with E-state index >= 15 is 0 Å². The third-order valence-corrected chi connectivity index (χ3v) is 3.35. The summed E-state index contributed by atoms with van der Waals surface area (Å²) in [5.74, 6) is 0.326. The Kier molecular flexibility index (Phi) is 2.92. The standard InChI is InChI=1S/C14H12ClFN2/c15-10-6-12(16)14(17-8-10)18-13-7-11(13)9-4-2-1-3-5-9/h1-6,8,11,13H,7H2,(H,17,18). The van der Waals surface area contributed by atoms with E-state index < -0.39 is 5.82 Å². The predicted octanol–water partition coefficient (Wildman–Crippen LogP) is 3.84. The van der Waals surface area contributed by atoms with Gasteiger partial charge in [-0.1, -0.05) is 41.9 Å². The summed E-state index contributed by atoms with van der Waals surface area (Å²) in [5, 5.41) is 3.43. The van der Waals surface area contributed by atoms with Crippen molar-refractivity contribution >= 4 is 17.4 Å². The molecule has 1 saturated carbocycles. The van der Waals surface area contributed by atoms with E-state index in [0.717, 1.165) is 6.42 Å². The summed E-state index contributed by atoms with van der Waals surface area (Å²) in [4.78, 5) is 3.97. The first kappa shape index (κ1) is 11.5. The first-order valence-electron chi connectivity index (χ1n) is 5.86. The number of hydrogen-bond donors (Lipinski definition) is 1. The summed E-state index contributed by atoms with van der Waals surface area (Å²) in [5.41, 5.74) is 1.28. The zero-order valence-corrected chi connectivity index (χ0v) is 10.4. The van der Waals surface area contributed by atoms with E-state index in [1.165, 1.54) is 17.8 Å². The molecule has 2 atom stereocenters. The van der Waals surface area contributed by atoms with Crippen molar-refractivity contribution in [2.24, 2.45) is 0 Å². The second-order valence-corrected chi connectivity index (χ2v) is 4.92. The lowest BCUT2D eigenvalue weighted by Gasteiger charge is -2.06. The zero-order chi connectivity index (χ0) is 12.5. The van der Waals surface area contributed by atoms with Crippen LogP contribution in [0, 0.1) is 5.82 Å². The van der Waals surface area contributed by atoms with Crippen molar-refractivity contribution < 1.29 is 4.39 Å². The van der Waals surface area contributed by atoms with E-state index in [1.54, 1.807) is 0 Å². The van der Waals surface area contributed by atoms with Crippen molar-refractivity contribution in [1.29, 1.82) is 0 Å². The van der Waals surface area contributed by atoms with Gasteiger partial charge < -0.3 is 5.32 Å². The van der Waals surface area contributed by atoms with Gasteiger partial charge in [-0.25, -0.2) is 9.37 Å². The second kappa shape index (κ2) is 4.58. The number of nitrogens with one attached hydrogen (secondary N) is 1. The molecule has 1 heterocycles. The van der Waals surface area contributed by atoms with Crippen molar-refractivity contribution in [2.75, 3.05) is 5.32 Å². The number of anilines is 1. The molecule has 18 heavy (non-hydrogen) atoms. The molecule has 1 aromatic carbocycles. The van der Waals surface area contributed by atoms with Gasteiger partial charge in [0.05, 0.1) is 5.02 Å². The molecule has 0 amide bonds. The van der Waals surface area contributed by atoms with Crippen molar-refractivity contribution in [3.63, 3.8) is 0 Å². The maximum atomic E-state index is 13.6. The van der Waals surface area contributed by atoms with Crippen LogP contribution in [0.2, 0.25) is 5.02 Å². The lowest BCUT2D eigenvalue weighted by Crippen LogP contribution is -2.07. The summed E-state index contributed by atoms with van der Waals surface area (Å²) in [6.45, 7) is 0. The molecular formula is C14H12ClFN2. The minimum absolute atomic E-state index is 0.260. The van der Waals surface area contributed by atoms with E-state index in [4.69, 9.17) is 11.6 Å². The van der Waals surface area contributed by atoms with Gasteiger partial charge in [-0.3, -0.25) is 0 Å². The lowest BCUT2D eigenvalue weighted by molar-refractivity contribution is 0.624. The van der Waals surface area contributed by atoms with Crippen molar-refractivity contribution in [2.45, 2.75) is 18.4 Å². The smallest absolute Gasteiger partial charge is 0.166 e. The Balaban J connectivity index is 1.69. The first-order valence-corrected chi connectivity index (χ1v) is 6.24. The van der Waals surface area contributed by atoms with Gasteiger partial charge in [-0.05, 0) is 18.1 Å². The number of benzene rings is 1. The Morgan fingerprint density at radius 2 is 2.06 bits per heavy atom. The Morgan fingerprint density at radius 1 is 1.28 bits per heavy atom. The topological polar surface area (TPSA) is 24.9 Å². The van der Waals surface area contributed by atoms with Crippen molar-refractivity contribution in [1.82, 2.24) is 4.98 Å². The number of aromatic nitrogens is 1. The Morgan fingerprint density at radius 3 is 2.78 bits per heavy atom. The number of rotatable bonds is 3. The second-order valence-electron chi connectivity index (χ2n) is 4.49. The number of halogens is 2. The fourth-order valence-electron chi connectivity index (χ4n) is 2.12. The molecule has 0 aliphatic heterocycles. The maximum absolute atomic E-state index is 13.6. The molecular weight excluding hydrogens is 251 g/mol. The van der Waals surface area contributed by atoms with Gasteiger partial charge in [0.2, 0.25) is 0 Å². The molecule has 0 saturated heterocycles. The van der Waals surface area contributed by atoms with Gasteiger partial charge in [0.25, 0.3) is 0 Å². The Hall–Kier alpha value is -1.61. The van der Waals surface area contributed by atoms with Crippen LogP contribution in [0.15, 0.2) is 42.6 Å². The highest BCUT2D eigenvalue weighted by Gasteiger charge is 2.38. The summed E-state index contributed by atoms with van der Waals surface area (Å²) in [6, 6.07) is 11.8. The van der Waals surface area contributed by atoms with E-state index in [9.17, 15) is 4.39 Å². The van der Waals surface area contributed by atoms with Gasteiger partial charge in [0.1, 0.15) is 0 Å². The van der Waals surface area contributed by atoms with Crippen molar-refractivity contribution in [3.05, 3.63) is 59.0 Å². The Bertz CT molecular complexity index is 559. The Labute approximate surface area is 110 Å². The average Bonchev–Trinajstić information content (AvgIpc) is 3.13. The monoisotopic (exact) mass is 262 g/mol. The fourth-order valence-corrected chi connectivity index (χ4v) is 2.26. The van der Waals surface area contributed by atoms with Gasteiger partial charge in [-0.15, -0.1) is 0 Å². The molecule has 1 aliphatic carbocycles. The van der Waals surface area contributed by atoms with Crippen LogP contribution in [-0.2, 0) is 0 Å². The summed E-state index contributed by atoms with van der Waals surface area (Å²) >= 11 is 5.66.